The molecule has 0 radical (unpaired) electrons. The van der Waals surface area contributed by atoms with Gasteiger partial charge in [-0.3, -0.25) is 0 Å². The predicted octanol–water partition coefficient (Wildman–Crippen LogP) is 0.766. The molecule has 0 bridgehead atoms. The largest absolute Gasteiger partial charge is 0.467 e. The molecule has 1 aromatic rings. The lowest BCUT2D eigenvalue weighted by Crippen LogP contribution is -2.28. The van der Waals surface area contributed by atoms with Gasteiger partial charge in [-0.2, -0.15) is 15.0 Å². The molecule has 0 fully saturated rings. The predicted molar refractivity (Wildman–Crippen MR) is 59.5 cm³/mol. The summed E-state index contributed by atoms with van der Waals surface area (Å²) < 4.78 is 5.00. The quantitative estimate of drug-likeness (QED) is 0.793. The molecule has 1 rings (SSSR count). The second-order valence-corrected chi connectivity index (χ2v) is 3.40. The third-order valence-corrected chi connectivity index (χ3v) is 2.10. The van der Waals surface area contributed by atoms with E-state index in [4.69, 9.17) is 4.74 Å². The molecule has 6 nitrogen and oxygen atoms in total. The van der Waals surface area contributed by atoms with Crippen molar-refractivity contribution in [3.63, 3.8) is 0 Å². The number of anilines is 2. The topological polar surface area (TPSA) is 63.2 Å². The third kappa shape index (κ3) is 2.68. The van der Waals surface area contributed by atoms with E-state index in [-0.39, 0.29) is 0 Å². The molecule has 0 atom stereocenters. The average Bonchev–Trinajstić information content (AvgIpc) is 2.27. The number of hydrogen-bond donors (Lipinski definition) is 1. The van der Waals surface area contributed by atoms with E-state index in [0.717, 1.165) is 0 Å². The molecule has 0 aliphatic carbocycles. The van der Waals surface area contributed by atoms with Crippen molar-refractivity contribution >= 4 is 11.9 Å². The van der Waals surface area contributed by atoms with Gasteiger partial charge < -0.3 is 15.0 Å². The van der Waals surface area contributed by atoms with Gasteiger partial charge in [-0.25, -0.2) is 0 Å². The second-order valence-electron chi connectivity index (χ2n) is 3.40. The maximum atomic E-state index is 5.00. The summed E-state index contributed by atoms with van der Waals surface area (Å²) in [6.45, 7) is 4.13. The molecule has 1 aromatic heterocycles. The van der Waals surface area contributed by atoms with Crippen LogP contribution in [0.3, 0.4) is 0 Å². The molecule has 0 aromatic carbocycles. The van der Waals surface area contributed by atoms with Crippen LogP contribution < -0.4 is 15.0 Å². The Labute approximate surface area is 89.7 Å². The summed E-state index contributed by atoms with van der Waals surface area (Å²) >= 11 is 0. The van der Waals surface area contributed by atoms with Crippen molar-refractivity contribution in [1.82, 2.24) is 15.0 Å². The fourth-order valence-electron chi connectivity index (χ4n) is 0.938. The van der Waals surface area contributed by atoms with Gasteiger partial charge in [-0.1, -0.05) is 0 Å². The van der Waals surface area contributed by atoms with Crippen molar-refractivity contribution in [3.05, 3.63) is 0 Å². The number of aromatic nitrogens is 3. The summed E-state index contributed by atoms with van der Waals surface area (Å²) in [6.07, 6.45) is 0. The zero-order chi connectivity index (χ0) is 11.4. The lowest BCUT2D eigenvalue weighted by Gasteiger charge is -2.21. The number of ether oxygens (including phenoxy) is 1. The molecule has 0 saturated carbocycles. The highest BCUT2D eigenvalue weighted by molar-refractivity contribution is 5.37. The van der Waals surface area contributed by atoms with Gasteiger partial charge in [-0.05, 0) is 13.8 Å². The van der Waals surface area contributed by atoms with Gasteiger partial charge in [0.1, 0.15) is 0 Å². The number of nitrogens with zero attached hydrogens (tertiary/aromatic N) is 4. The molecule has 1 N–H and O–H groups in total. The van der Waals surface area contributed by atoms with Crippen LogP contribution in [0.2, 0.25) is 0 Å². The van der Waals surface area contributed by atoms with E-state index in [0.29, 0.717) is 23.9 Å². The summed E-state index contributed by atoms with van der Waals surface area (Å²) in [5, 5.41) is 2.87. The first-order valence-electron chi connectivity index (χ1n) is 4.79. The second kappa shape index (κ2) is 4.77. The molecule has 0 aliphatic heterocycles. The van der Waals surface area contributed by atoms with E-state index < -0.39 is 0 Å². The van der Waals surface area contributed by atoms with E-state index in [9.17, 15) is 0 Å². The SMILES string of the molecule is CNc1nc(OC)nc(N(C)C(C)C)n1. The van der Waals surface area contributed by atoms with Crippen molar-refractivity contribution in [3.8, 4) is 6.01 Å². The minimum atomic E-state index is 0.317. The molecule has 0 saturated heterocycles. The molecule has 6 heteroatoms. The van der Waals surface area contributed by atoms with Crippen molar-refractivity contribution in [2.45, 2.75) is 19.9 Å². The summed E-state index contributed by atoms with van der Waals surface area (Å²) in [6, 6.07) is 0.638. The fraction of sp³-hybridized carbons (Fsp3) is 0.667. The molecule has 1 heterocycles. The highest BCUT2D eigenvalue weighted by atomic mass is 16.5. The zero-order valence-electron chi connectivity index (χ0n) is 9.77. The summed E-state index contributed by atoms with van der Waals surface area (Å²) in [5.74, 6) is 1.10. The summed E-state index contributed by atoms with van der Waals surface area (Å²) in [4.78, 5) is 14.4. The minimum Gasteiger partial charge on any atom is -0.467 e. The van der Waals surface area contributed by atoms with E-state index in [1.54, 1.807) is 7.05 Å². The molecule has 0 spiro atoms. The molecule has 0 aliphatic rings. The van der Waals surface area contributed by atoms with Gasteiger partial charge in [0.05, 0.1) is 7.11 Å². The molecular weight excluding hydrogens is 194 g/mol. The van der Waals surface area contributed by atoms with E-state index in [2.05, 4.69) is 34.1 Å². The summed E-state index contributed by atoms with van der Waals surface area (Å²) in [5.41, 5.74) is 0. The van der Waals surface area contributed by atoms with Gasteiger partial charge in [0.25, 0.3) is 0 Å². The van der Waals surface area contributed by atoms with E-state index in [1.807, 2.05) is 11.9 Å². The Morgan fingerprint density at radius 1 is 1.27 bits per heavy atom. The number of nitrogens with one attached hydrogen (secondary N) is 1. The van der Waals surface area contributed by atoms with Gasteiger partial charge in [0, 0.05) is 20.1 Å². The van der Waals surface area contributed by atoms with E-state index in [1.165, 1.54) is 7.11 Å². The van der Waals surface area contributed by atoms with Crippen molar-refractivity contribution in [1.29, 1.82) is 0 Å². The van der Waals surface area contributed by atoms with Crippen molar-refractivity contribution in [2.75, 3.05) is 31.4 Å². The Bertz CT molecular complexity index is 306. The number of hydrogen-bond acceptors (Lipinski definition) is 6. The molecule has 0 unspecified atom stereocenters. The van der Waals surface area contributed by atoms with Crippen LogP contribution in [0.5, 0.6) is 6.01 Å². The summed E-state index contributed by atoms with van der Waals surface area (Å²) in [7, 11) is 5.22. The molecule has 84 valence electrons. The monoisotopic (exact) mass is 211 g/mol. The van der Waals surface area contributed by atoms with Gasteiger partial charge >= 0.3 is 6.01 Å². The minimum absolute atomic E-state index is 0.317. The zero-order valence-corrected chi connectivity index (χ0v) is 9.77. The Hall–Kier alpha value is -1.59. The van der Waals surface area contributed by atoms with E-state index >= 15 is 0 Å². The van der Waals surface area contributed by atoms with Crippen LogP contribution >= 0.6 is 0 Å². The Kier molecular flexibility index (Phi) is 3.65. The molecular formula is C9H17N5O. The maximum absolute atomic E-state index is 5.00. The number of rotatable bonds is 4. The van der Waals surface area contributed by atoms with Gasteiger partial charge in [0.15, 0.2) is 0 Å². The van der Waals surface area contributed by atoms with Crippen LogP contribution in [0.4, 0.5) is 11.9 Å². The van der Waals surface area contributed by atoms with Crippen LogP contribution in [-0.4, -0.2) is 42.2 Å². The lowest BCUT2D eigenvalue weighted by molar-refractivity contribution is 0.378. The first-order chi connectivity index (χ1) is 7.08. The third-order valence-electron chi connectivity index (χ3n) is 2.10. The Morgan fingerprint density at radius 2 is 1.93 bits per heavy atom. The van der Waals surface area contributed by atoms with Gasteiger partial charge in [-0.15, -0.1) is 0 Å². The highest BCUT2D eigenvalue weighted by Crippen LogP contribution is 2.14. The van der Waals surface area contributed by atoms with Crippen LogP contribution in [-0.2, 0) is 0 Å². The first kappa shape index (κ1) is 11.5. The lowest BCUT2D eigenvalue weighted by atomic mass is 10.4. The fourth-order valence-corrected chi connectivity index (χ4v) is 0.938. The maximum Gasteiger partial charge on any atom is 0.322 e. The standard InChI is InChI=1S/C9H17N5O/c1-6(2)14(4)8-11-7(10-3)12-9(13-8)15-5/h6H,1-5H3,(H,10,11,12,13). The molecule has 0 amide bonds. The molecule has 15 heavy (non-hydrogen) atoms. The van der Waals surface area contributed by atoms with Crippen molar-refractivity contribution in [2.24, 2.45) is 0 Å². The van der Waals surface area contributed by atoms with Crippen LogP contribution in [0.1, 0.15) is 13.8 Å². The Balaban J connectivity index is 3.06. The van der Waals surface area contributed by atoms with Crippen LogP contribution in [0.15, 0.2) is 0 Å². The highest BCUT2D eigenvalue weighted by Gasteiger charge is 2.12. The van der Waals surface area contributed by atoms with Gasteiger partial charge in [0.2, 0.25) is 11.9 Å². The normalized spacial score (nSPS) is 10.3. The van der Waals surface area contributed by atoms with Crippen molar-refractivity contribution < 1.29 is 4.74 Å². The average molecular weight is 211 g/mol. The first-order valence-corrected chi connectivity index (χ1v) is 4.79. The number of methoxy groups -OCH3 is 1. The Morgan fingerprint density at radius 3 is 2.40 bits per heavy atom. The van der Waals surface area contributed by atoms with Crippen LogP contribution in [0.25, 0.3) is 0 Å². The van der Waals surface area contributed by atoms with Crippen LogP contribution in [0, 0.1) is 0 Å². The smallest absolute Gasteiger partial charge is 0.322 e.